The number of ether oxygens (including phenoxy) is 2. The average Bonchev–Trinajstić information content (AvgIpc) is 3.12. The number of nitrogens with zero attached hydrogens (tertiary/aromatic N) is 2. The van der Waals surface area contributed by atoms with Gasteiger partial charge in [0.15, 0.2) is 6.23 Å². The molecule has 3 aromatic rings. The van der Waals surface area contributed by atoms with Gasteiger partial charge in [0.05, 0.1) is 5.56 Å². The molecule has 2 aromatic carbocycles. The largest absolute Gasteiger partial charge is 0.459 e. The monoisotopic (exact) mass is 488 g/mol. The highest BCUT2D eigenvalue weighted by Gasteiger charge is 2.45. The summed E-state index contributed by atoms with van der Waals surface area (Å²) in [5.74, 6) is -3.05. The molecule has 0 bridgehead atoms. The van der Waals surface area contributed by atoms with Gasteiger partial charge in [0.2, 0.25) is 0 Å². The molecule has 182 valence electrons. The van der Waals surface area contributed by atoms with Gasteiger partial charge in [0.25, 0.3) is 11.5 Å². The maximum Gasteiger partial charge on any atom is 0.340 e. The molecule has 10 nitrogen and oxygen atoms in total. The van der Waals surface area contributed by atoms with E-state index in [1.165, 1.54) is 12.1 Å². The van der Waals surface area contributed by atoms with Crippen LogP contribution in [0.5, 0.6) is 0 Å². The zero-order chi connectivity index (χ0) is 25.3. The van der Waals surface area contributed by atoms with Gasteiger partial charge in [-0.3, -0.25) is 14.2 Å². The average molecular weight is 488 g/mol. The lowest BCUT2D eigenvalue weighted by Crippen LogP contribution is -2.46. The Labute approximate surface area is 195 Å². The first-order valence-corrected chi connectivity index (χ1v) is 10.3. The molecule has 0 saturated carbocycles. The molecule has 1 fully saturated rings. The summed E-state index contributed by atoms with van der Waals surface area (Å²) in [6.45, 7) is -0.520. The van der Waals surface area contributed by atoms with E-state index in [4.69, 9.17) is 9.47 Å². The molecule has 0 amide bonds. The van der Waals surface area contributed by atoms with Gasteiger partial charge < -0.3 is 19.7 Å². The van der Waals surface area contributed by atoms with Crippen molar-refractivity contribution in [1.82, 2.24) is 9.13 Å². The van der Waals surface area contributed by atoms with E-state index in [9.17, 15) is 38.2 Å². The fourth-order valence-corrected chi connectivity index (χ4v) is 3.52. The van der Waals surface area contributed by atoms with Crippen LogP contribution in [0, 0.1) is 11.6 Å². The van der Waals surface area contributed by atoms with Crippen molar-refractivity contribution in [2.75, 3.05) is 6.61 Å². The molecule has 12 heteroatoms. The van der Waals surface area contributed by atoms with Crippen molar-refractivity contribution in [2.24, 2.45) is 0 Å². The third-order valence-electron chi connectivity index (χ3n) is 5.37. The number of aromatic nitrogens is 2. The van der Waals surface area contributed by atoms with Crippen molar-refractivity contribution < 1.29 is 38.1 Å². The summed E-state index contributed by atoms with van der Waals surface area (Å²) in [4.78, 5) is 50.0. The lowest BCUT2D eigenvalue weighted by atomic mass is 10.1. The van der Waals surface area contributed by atoms with Crippen LogP contribution in [0.15, 0.2) is 70.4 Å². The molecule has 1 aromatic heterocycles. The summed E-state index contributed by atoms with van der Waals surface area (Å²) < 4.78 is 37.7. The lowest BCUT2D eigenvalue weighted by molar-refractivity contribution is -0.0602. The number of esters is 1. The van der Waals surface area contributed by atoms with Crippen LogP contribution < -0.4 is 11.2 Å². The van der Waals surface area contributed by atoms with E-state index in [2.05, 4.69) is 0 Å². The molecule has 35 heavy (non-hydrogen) atoms. The van der Waals surface area contributed by atoms with Gasteiger partial charge in [-0.2, -0.15) is 4.57 Å². The molecular weight excluding hydrogens is 470 g/mol. The van der Waals surface area contributed by atoms with Gasteiger partial charge in [-0.05, 0) is 48.5 Å². The highest BCUT2D eigenvalue weighted by atomic mass is 19.1. The van der Waals surface area contributed by atoms with Gasteiger partial charge in [0.1, 0.15) is 36.6 Å². The molecule has 4 rings (SSSR count). The topological polar surface area (TPSA) is 137 Å². The van der Waals surface area contributed by atoms with Crippen LogP contribution in [-0.2, 0) is 9.47 Å². The SMILES string of the molecule is O=C(OC[C@@H]1O[C@H](n2ccc(=O)n(C(=O)c3ccc(F)cc3)c2=O)[C@H](O)[C@@H]1O)c1ccc(F)cc1. The second-order valence-corrected chi connectivity index (χ2v) is 7.64. The standard InChI is InChI=1S/C23H18F2N2O8/c24-14-5-1-12(2-6-14)20(31)27-17(28)9-10-26(23(27)33)21-19(30)18(29)16(35-21)11-34-22(32)13-3-7-15(25)8-4-13/h1-10,16,18-19,21,29-30H,11H2/t16-,18+,19+,21-/m0/s1. The highest BCUT2D eigenvalue weighted by molar-refractivity contribution is 5.95. The Morgan fingerprint density at radius 1 is 0.886 bits per heavy atom. The van der Waals surface area contributed by atoms with Crippen molar-refractivity contribution in [1.29, 1.82) is 0 Å². The van der Waals surface area contributed by atoms with Crippen LogP contribution in [0.25, 0.3) is 0 Å². The smallest absolute Gasteiger partial charge is 0.340 e. The van der Waals surface area contributed by atoms with Gasteiger partial charge in [-0.15, -0.1) is 0 Å². The minimum Gasteiger partial charge on any atom is -0.459 e. The highest BCUT2D eigenvalue weighted by Crippen LogP contribution is 2.28. The summed E-state index contributed by atoms with van der Waals surface area (Å²) >= 11 is 0. The van der Waals surface area contributed by atoms with E-state index < -0.39 is 65.9 Å². The number of carbonyl (C=O) groups is 2. The van der Waals surface area contributed by atoms with Crippen LogP contribution in [0.3, 0.4) is 0 Å². The molecule has 1 aliphatic rings. The van der Waals surface area contributed by atoms with Crippen molar-refractivity contribution >= 4 is 11.9 Å². The maximum absolute atomic E-state index is 13.2. The third-order valence-corrected chi connectivity index (χ3v) is 5.37. The van der Waals surface area contributed by atoms with Gasteiger partial charge >= 0.3 is 11.7 Å². The first kappa shape index (κ1) is 24.1. The van der Waals surface area contributed by atoms with E-state index in [0.717, 1.165) is 53.2 Å². The van der Waals surface area contributed by atoms with Crippen LogP contribution in [0.2, 0.25) is 0 Å². The number of hydrogen-bond acceptors (Lipinski definition) is 8. The molecule has 0 unspecified atom stereocenters. The Bertz CT molecular complexity index is 1370. The minimum absolute atomic E-state index is 0.0404. The normalized spacial score (nSPS) is 21.6. The zero-order valence-electron chi connectivity index (χ0n) is 17.8. The van der Waals surface area contributed by atoms with Crippen LogP contribution in [0.4, 0.5) is 8.78 Å². The van der Waals surface area contributed by atoms with Crippen molar-refractivity contribution in [2.45, 2.75) is 24.5 Å². The van der Waals surface area contributed by atoms with Crippen molar-refractivity contribution in [3.8, 4) is 0 Å². The first-order valence-electron chi connectivity index (χ1n) is 10.3. The van der Waals surface area contributed by atoms with E-state index in [1.54, 1.807) is 0 Å². The number of aliphatic hydroxyl groups is 2. The molecule has 1 aliphatic heterocycles. The summed E-state index contributed by atoms with van der Waals surface area (Å²) in [6.07, 6.45) is -5.10. The van der Waals surface area contributed by atoms with Crippen molar-refractivity contribution in [3.63, 3.8) is 0 Å². The Kier molecular flexibility index (Phi) is 6.69. The number of aliphatic hydroxyl groups excluding tert-OH is 2. The predicted molar refractivity (Wildman–Crippen MR) is 114 cm³/mol. The lowest BCUT2D eigenvalue weighted by Gasteiger charge is -2.18. The van der Waals surface area contributed by atoms with Crippen molar-refractivity contribution in [3.05, 3.63) is 104 Å². The molecular formula is C23H18F2N2O8. The molecule has 0 radical (unpaired) electrons. The van der Waals surface area contributed by atoms with Gasteiger partial charge in [-0.25, -0.2) is 18.4 Å². The number of rotatable bonds is 5. The van der Waals surface area contributed by atoms with Gasteiger partial charge in [-0.1, -0.05) is 0 Å². The second kappa shape index (κ2) is 9.70. The number of halogens is 2. The number of carbonyl (C=O) groups excluding carboxylic acids is 2. The van der Waals surface area contributed by atoms with E-state index >= 15 is 0 Å². The summed E-state index contributed by atoms with van der Waals surface area (Å²) in [5, 5.41) is 20.8. The number of benzene rings is 2. The van der Waals surface area contributed by atoms with Gasteiger partial charge in [0, 0.05) is 17.8 Å². The minimum atomic E-state index is -1.69. The summed E-state index contributed by atoms with van der Waals surface area (Å²) in [7, 11) is 0. The molecule has 0 spiro atoms. The second-order valence-electron chi connectivity index (χ2n) is 7.64. The first-order chi connectivity index (χ1) is 16.7. The van der Waals surface area contributed by atoms with Crippen LogP contribution in [-0.4, -0.2) is 56.1 Å². The summed E-state index contributed by atoms with van der Waals surface area (Å²) in [5.41, 5.74) is -2.24. The molecule has 1 saturated heterocycles. The van der Waals surface area contributed by atoms with E-state index in [0.29, 0.717) is 0 Å². The number of hydrogen-bond donors (Lipinski definition) is 2. The fourth-order valence-electron chi connectivity index (χ4n) is 3.52. The third kappa shape index (κ3) is 4.80. The zero-order valence-corrected chi connectivity index (χ0v) is 17.8. The fraction of sp³-hybridized carbons (Fsp3) is 0.217. The Morgan fingerprint density at radius 2 is 1.46 bits per heavy atom. The Morgan fingerprint density at radius 3 is 2.06 bits per heavy atom. The maximum atomic E-state index is 13.2. The van der Waals surface area contributed by atoms with Crippen LogP contribution in [0.1, 0.15) is 26.9 Å². The summed E-state index contributed by atoms with van der Waals surface area (Å²) in [6, 6.07) is 9.55. The van der Waals surface area contributed by atoms with Crippen LogP contribution >= 0.6 is 0 Å². The Hall–Kier alpha value is -4.00. The predicted octanol–water partition coefficient (Wildman–Crippen LogP) is 0.453. The van der Waals surface area contributed by atoms with E-state index in [1.807, 2.05) is 0 Å². The molecule has 0 aliphatic carbocycles. The Balaban J connectivity index is 1.54. The molecule has 4 atom stereocenters. The van der Waals surface area contributed by atoms with E-state index in [-0.39, 0.29) is 15.7 Å². The molecule has 2 N–H and O–H groups in total. The molecule has 2 heterocycles. The quantitative estimate of drug-likeness (QED) is 0.494.